The number of alkyl halides is 1. The van der Waals surface area contributed by atoms with Crippen LogP contribution in [0.25, 0.3) is 0 Å². The molecule has 0 saturated heterocycles. The van der Waals surface area contributed by atoms with Gasteiger partial charge in [-0.15, -0.1) is 5.10 Å². The predicted molar refractivity (Wildman–Crippen MR) is 84.0 cm³/mol. The Labute approximate surface area is 137 Å². The number of anilines is 1. The lowest BCUT2D eigenvalue weighted by Crippen LogP contribution is -2.39. The highest BCUT2D eigenvalue weighted by molar-refractivity contribution is 6.36. The molecule has 6 nitrogen and oxygen atoms in total. The van der Waals surface area contributed by atoms with E-state index in [4.69, 9.17) is 50.0 Å². The van der Waals surface area contributed by atoms with Crippen LogP contribution in [0.2, 0.25) is 10.0 Å². The maximum absolute atomic E-state index is 6.40. The zero-order valence-corrected chi connectivity index (χ0v) is 13.5. The zero-order chi connectivity index (χ0) is 15.6. The van der Waals surface area contributed by atoms with Crippen molar-refractivity contribution in [3.8, 4) is 0 Å². The van der Waals surface area contributed by atoms with E-state index in [-0.39, 0.29) is 0 Å². The average Bonchev–Trinajstić information content (AvgIpc) is 2.49. The lowest BCUT2D eigenvalue weighted by atomic mass is 10.2. The maximum atomic E-state index is 6.40. The molecule has 1 atom stereocenters. The smallest absolute Gasteiger partial charge is 0.238 e. The van der Waals surface area contributed by atoms with E-state index in [1.54, 1.807) is 18.2 Å². The number of halogens is 3. The van der Waals surface area contributed by atoms with E-state index < -0.39 is 5.50 Å². The van der Waals surface area contributed by atoms with Crippen molar-refractivity contribution < 1.29 is 9.47 Å². The molecule has 0 amide bonds. The minimum Gasteiger partial charge on any atom is -0.481 e. The Kier molecular flexibility index (Phi) is 4.92. The molecule has 1 aromatic rings. The number of hydrogen-bond acceptors (Lipinski definition) is 6. The van der Waals surface area contributed by atoms with Crippen LogP contribution < -0.4 is 11.2 Å². The number of nitrogen functional groups attached to an aromatic ring is 1. The quantitative estimate of drug-likeness (QED) is 0.497. The second-order valence-corrected chi connectivity index (χ2v) is 5.29. The molecule has 0 saturated carbocycles. The predicted octanol–water partition coefficient (Wildman–Crippen LogP) is 3.08. The third-order valence-corrected chi connectivity index (χ3v) is 3.66. The Balaban J connectivity index is 2.34. The molecule has 2 rings (SSSR count). The Bertz CT molecular complexity index is 606. The van der Waals surface area contributed by atoms with Crippen LogP contribution in [0.3, 0.4) is 0 Å². The lowest BCUT2D eigenvalue weighted by molar-refractivity contribution is 0.120. The molecule has 114 valence electrons. The van der Waals surface area contributed by atoms with E-state index in [0.29, 0.717) is 33.1 Å². The van der Waals surface area contributed by atoms with Gasteiger partial charge in [0.1, 0.15) is 0 Å². The van der Waals surface area contributed by atoms with E-state index in [2.05, 4.69) is 10.5 Å². The molecule has 0 bridgehead atoms. The second-order valence-electron chi connectivity index (χ2n) is 4.04. The van der Waals surface area contributed by atoms with Gasteiger partial charge >= 0.3 is 0 Å². The van der Waals surface area contributed by atoms with Crippen LogP contribution in [0, 0.1) is 0 Å². The first-order chi connectivity index (χ1) is 9.96. The van der Waals surface area contributed by atoms with Gasteiger partial charge in [-0.05, 0) is 12.1 Å². The summed E-state index contributed by atoms with van der Waals surface area (Å²) in [5, 5.41) is 6.23. The molecule has 1 aromatic carbocycles. The summed E-state index contributed by atoms with van der Waals surface area (Å²) >= 11 is 18.4. The number of hydrazine groups is 1. The molecule has 0 spiro atoms. The molecule has 9 heteroatoms. The van der Waals surface area contributed by atoms with Crippen molar-refractivity contribution in [1.82, 2.24) is 10.5 Å². The fraction of sp³-hybridized carbons (Fsp3) is 0.250. The molecular weight excluding hydrogens is 339 g/mol. The minimum absolute atomic E-state index is 0.318. The van der Waals surface area contributed by atoms with E-state index in [9.17, 15) is 0 Å². The molecule has 1 heterocycles. The van der Waals surface area contributed by atoms with Gasteiger partial charge in [-0.2, -0.15) is 5.12 Å². The van der Waals surface area contributed by atoms with Crippen LogP contribution in [0.1, 0.15) is 11.1 Å². The molecule has 1 aliphatic rings. The lowest BCUT2D eigenvalue weighted by Gasteiger charge is -2.30. The van der Waals surface area contributed by atoms with Gasteiger partial charge in [0, 0.05) is 10.6 Å². The monoisotopic (exact) mass is 350 g/mol. The summed E-state index contributed by atoms with van der Waals surface area (Å²) in [6, 6.07) is 3.16. The highest BCUT2D eigenvalue weighted by Gasteiger charge is 2.25. The summed E-state index contributed by atoms with van der Waals surface area (Å²) in [6.07, 6.45) is 1.58. The van der Waals surface area contributed by atoms with Crippen molar-refractivity contribution in [3.63, 3.8) is 0 Å². The van der Waals surface area contributed by atoms with Crippen LogP contribution in [0.4, 0.5) is 5.69 Å². The molecule has 0 radical (unpaired) electrons. The van der Waals surface area contributed by atoms with Gasteiger partial charge < -0.3 is 15.2 Å². The number of nitrogens with zero attached hydrogens (tertiary/aromatic N) is 2. The first-order valence-corrected chi connectivity index (χ1v) is 6.98. The highest BCUT2D eigenvalue weighted by Crippen LogP contribution is 2.36. The fourth-order valence-electron chi connectivity index (χ4n) is 1.66. The van der Waals surface area contributed by atoms with Gasteiger partial charge in [0.15, 0.2) is 5.50 Å². The summed E-state index contributed by atoms with van der Waals surface area (Å²) in [4.78, 5) is 0. The first-order valence-electron chi connectivity index (χ1n) is 5.79. The average molecular weight is 352 g/mol. The van der Waals surface area contributed by atoms with Crippen molar-refractivity contribution in [2.75, 3.05) is 20.0 Å². The number of methoxy groups -OCH3 is 2. The van der Waals surface area contributed by atoms with Gasteiger partial charge in [-0.3, -0.25) is 0 Å². The van der Waals surface area contributed by atoms with E-state index in [0.717, 1.165) is 0 Å². The Morgan fingerprint density at radius 2 is 2.00 bits per heavy atom. The normalized spacial score (nSPS) is 15.8. The number of nitrogens with two attached hydrogens (primary N) is 1. The third-order valence-electron chi connectivity index (χ3n) is 2.71. The van der Waals surface area contributed by atoms with E-state index >= 15 is 0 Å². The number of hydrogen-bond donors (Lipinski definition) is 2. The summed E-state index contributed by atoms with van der Waals surface area (Å²) in [6.45, 7) is 0. The standard InChI is InChI=1S/C12H13Cl3N4O2/c1-20-9-5-10(21-2)18-19(17-9)12(15)7-3-6(13)4-8(14)11(7)16/h3-5,12,17H,16H2,1-2H3. The zero-order valence-electron chi connectivity index (χ0n) is 11.2. The second kappa shape index (κ2) is 6.51. The van der Waals surface area contributed by atoms with Gasteiger partial charge in [0.05, 0.1) is 31.0 Å². The number of hydrazone groups is 1. The van der Waals surface area contributed by atoms with Gasteiger partial charge in [-0.25, -0.2) is 5.43 Å². The van der Waals surface area contributed by atoms with Crippen LogP contribution in [0.5, 0.6) is 0 Å². The molecule has 21 heavy (non-hydrogen) atoms. The Morgan fingerprint density at radius 3 is 2.62 bits per heavy atom. The molecule has 0 aliphatic carbocycles. The molecule has 3 N–H and O–H groups in total. The van der Waals surface area contributed by atoms with Crippen LogP contribution >= 0.6 is 34.8 Å². The van der Waals surface area contributed by atoms with Gasteiger partial charge in [0.25, 0.3) is 0 Å². The van der Waals surface area contributed by atoms with Gasteiger partial charge in [0.2, 0.25) is 11.8 Å². The van der Waals surface area contributed by atoms with Crippen LogP contribution in [-0.4, -0.2) is 25.2 Å². The minimum atomic E-state index is -0.773. The van der Waals surface area contributed by atoms with Crippen LogP contribution in [-0.2, 0) is 9.47 Å². The van der Waals surface area contributed by atoms with Crippen molar-refractivity contribution in [2.45, 2.75) is 5.50 Å². The molecule has 0 aromatic heterocycles. The number of benzene rings is 1. The first kappa shape index (κ1) is 15.9. The third kappa shape index (κ3) is 3.40. The van der Waals surface area contributed by atoms with Gasteiger partial charge in [-0.1, -0.05) is 34.8 Å². The van der Waals surface area contributed by atoms with Crippen molar-refractivity contribution >= 4 is 46.4 Å². The van der Waals surface area contributed by atoms with Crippen molar-refractivity contribution in [3.05, 3.63) is 39.7 Å². The summed E-state index contributed by atoms with van der Waals surface area (Å²) in [5.74, 6) is 0.738. The Morgan fingerprint density at radius 1 is 1.29 bits per heavy atom. The van der Waals surface area contributed by atoms with Crippen LogP contribution in [0.15, 0.2) is 29.2 Å². The Hall–Kier alpha value is -1.50. The maximum Gasteiger partial charge on any atom is 0.238 e. The number of nitrogens with one attached hydrogen (secondary N) is 1. The molecule has 1 aliphatic heterocycles. The van der Waals surface area contributed by atoms with E-state index in [1.165, 1.54) is 19.3 Å². The van der Waals surface area contributed by atoms with Crippen molar-refractivity contribution in [1.29, 1.82) is 0 Å². The van der Waals surface area contributed by atoms with Crippen molar-refractivity contribution in [2.24, 2.45) is 5.10 Å². The largest absolute Gasteiger partial charge is 0.481 e. The molecule has 0 fully saturated rings. The fourth-order valence-corrected chi connectivity index (χ4v) is 2.44. The summed E-state index contributed by atoms with van der Waals surface area (Å²) in [5.41, 5.74) is 8.87. The molecule has 1 unspecified atom stereocenters. The number of ether oxygens (including phenoxy) is 2. The van der Waals surface area contributed by atoms with E-state index in [1.807, 2.05) is 0 Å². The molecular formula is C12H13Cl3N4O2. The summed E-state index contributed by atoms with van der Waals surface area (Å²) in [7, 11) is 2.99. The summed E-state index contributed by atoms with van der Waals surface area (Å²) < 4.78 is 10.2. The topological polar surface area (TPSA) is 72.1 Å². The SMILES string of the molecule is COC1=CC(OC)=NN(C(Cl)c2cc(Cl)cc(Cl)c2N)N1. The highest BCUT2D eigenvalue weighted by atomic mass is 35.5. The number of rotatable bonds is 3.